The normalized spacial score (nSPS) is 45.3. The number of hydrogen-bond acceptors (Lipinski definition) is 1. The van der Waals surface area contributed by atoms with Gasteiger partial charge in [0.1, 0.15) is 0 Å². The predicted molar refractivity (Wildman–Crippen MR) is 142 cm³/mol. The zero-order valence-electron chi connectivity index (χ0n) is 22.9. The van der Waals surface area contributed by atoms with Gasteiger partial charge in [-0.2, -0.15) is 0 Å². The summed E-state index contributed by atoms with van der Waals surface area (Å²) in [6, 6.07) is 0. The Bertz CT molecular complexity index is 835. The van der Waals surface area contributed by atoms with E-state index >= 15 is 0 Å². The minimum Gasteiger partial charge on any atom is -0.389 e. The van der Waals surface area contributed by atoms with E-state index in [4.69, 9.17) is 0 Å². The molecule has 33 heavy (non-hydrogen) atoms. The summed E-state index contributed by atoms with van der Waals surface area (Å²) in [7, 11) is 0. The van der Waals surface area contributed by atoms with Gasteiger partial charge in [0.05, 0.1) is 6.10 Å². The van der Waals surface area contributed by atoms with Gasteiger partial charge in [-0.25, -0.2) is 0 Å². The van der Waals surface area contributed by atoms with Crippen LogP contribution < -0.4 is 0 Å². The molecule has 0 radical (unpaired) electrons. The molecule has 0 aromatic heterocycles. The van der Waals surface area contributed by atoms with E-state index in [1.807, 2.05) is 0 Å². The van der Waals surface area contributed by atoms with Gasteiger partial charge >= 0.3 is 0 Å². The minimum absolute atomic E-state index is 0.285. The predicted octanol–water partition coefficient (Wildman–Crippen LogP) is 8.89. The lowest BCUT2D eigenvalue weighted by molar-refractivity contribution is -0.0421. The summed E-state index contributed by atoms with van der Waals surface area (Å²) in [5, 5.41) is 10.5. The van der Waals surface area contributed by atoms with Gasteiger partial charge in [-0.15, -0.1) is 0 Å². The van der Waals surface area contributed by atoms with Gasteiger partial charge in [-0.1, -0.05) is 71.9 Å². The Labute approximate surface area is 205 Å². The van der Waals surface area contributed by atoms with Crippen LogP contribution in [-0.2, 0) is 0 Å². The highest BCUT2D eigenvalue weighted by Crippen LogP contribution is 2.72. The highest BCUT2D eigenvalue weighted by atomic mass is 16.3. The first-order valence-corrected chi connectivity index (χ1v) is 14.1. The summed E-state index contributed by atoms with van der Waals surface area (Å²) >= 11 is 0. The standard InChI is InChI=1S/C32H52O/c1-10-29(6,21(2)3)17-13-22(4)24-14-19-32(9)27-12-11-25-23(5)28(33)16-18-30(25,7)26(27)15-20-31(24,32)8/h12,22,24-26,28,33H,2,5,10-11,13-20H2,1,3-4,6-9H3/t22-,24-,25+,26+,28+,29?,30+,31-,32+/m1/s1. The van der Waals surface area contributed by atoms with Gasteiger partial charge in [0.2, 0.25) is 0 Å². The molecule has 9 atom stereocenters. The van der Waals surface area contributed by atoms with Crippen molar-refractivity contribution in [2.45, 2.75) is 119 Å². The first kappa shape index (κ1) is 25.3. The smallest absolute Gasteiger partial charge is 0.0750 e. The van der Waals surface area contributed by atoms with Crippen LogP contribution in [0.1, 0.15) is 113 Å². The third-order valence-electron chi connectivity index (χ3n) is 12.6. The van der Waals surface area contributed by atoms with Crippen LogP contribution >= 0.6 is 0 Å². The molecule has 186 valence electrons. The fourth-order valence-electron chi connectivity index (χ4n) is 9.33. The van der Waals surface area contributed by atoms with Crippen LogP contribution in [0.15, 0.2) is 36.0 Å². The molecule has 0 aromatic rings. The molecule has 4 aliphatic carbocycles. The largest absolute Gasteiger partial charge is 0.389 e. The average molecular weight is 453 g/mol. The molecule has 4 aliphatic rings. The van der Waals surface area contributed by atoms with E-state index in [-0.39, 0.29) is 11.5 Å². The first-order valence-electron chi connectivity index (χ1n) is 14.1. The maximum absolute atomic E-state index is 10.5. The average Bonchev–Trinajstić information content (AvgIpc) is 3.06. The van der Waals surface area contributed by atoms with E-state index < -0.39 is 0 Å². The molecular weight excluding hydrogens is 400 g/mol. The van der Waals surface area contributed by atoms with Crippen LogP contribution in [0.5, 0.6) is 0 Å². The van der Waals surface area contributed by atoms with Gasteiger partial charge in [0.25, 0.3) is 0 Å². The van der Waals surface area contributed by atoms with Gasteiger partial charge < -0.3 is 5.11 Å². The molecule has 3 saturated carbocycles. The third-order valence-corrected chi connectivity index (χ3v) is 12.6. The zero-order chi connectivity index (χ0) is 24.4. The van der Waals surface area contributed by atoms with Gasteiger partial charge in [0, 0.05) is 0 Å². The number of hydrogen-bond donors (Lipinski definition) is 1. The van der Waals surface area contributed by atoms with Gasteiger partial charge in [-0.3, -0.25) is 0 Å². The molecule has 0 spiro atoms. The molecule has 1 unspecified atom stereocenters. The minimum atomic E-state index is -0.285. The molecule has 0 saturated heterocycles. The fourth-order valence-corrected chi connectivity index (χ4v) is 9.33. The molecule has 0 bridgehead atoms. The van der Waals surface area contributed by atoms with Crippen LogP contribution in [0.3, 0.4) is 0 Å². The molecule has 0 amide bonds. The van der Waals surface area contributed by atoms with Crippen LogP contribution in [0.2, 0.25) is 0 Å². The summed E-state index contributed by atoms with van der Waals surface area (Å²) < 4.78 is 0. The molecule has 0 heterocycles. The van der Waals surface area contributed by atoms with Crippen molar-refractivity contribution in [3.05, 3.63) is 36.0 Å². The number of fused-ring (bicyclic) bond motifs is 5. The van der Waals surface area contributed by atoms with E-state index in [1.165, 1.54) is 50.5 Å². The summed E-state index contributed by atoms with van der Waals surface area (Å²) in [5.41, 5.74) is 5.60. The van der Waals surface area contributed by atoms with Crippen molar-refractivity contribution >= 4 is 0 Å². The molecule has 1 nitrogen and oxygen atoms in total. The first-order chi connectivity index (χ1) is 15.3. The van der Waals surface area contributed by atoms with Crippen molar-refractivity contribution in [3.63, 3.8) is 0 Å². The Balaban J connectivity index is 1.58. The molecule has 4 rings (SSSR count). The SMILES string of the molecule is C=C1[C@@H](O)CC[C@@]2(C)[C@H]1CC=C1[C@@H]2CC[C@]2(C)[C@@H]([C@H](C)CCC(C)(CC)C(=C)C)CC[C@@]12C. The Morgan fingerprint density at radius 3 is 2.48 bits per heavy atom. The molecular formula is C32H52O. The van der Waals surface area contributed by atoms with E-state index in [9.17, 15) is 5.11 Å². The Hall–Kier alpha value is -0.820. The lowest BCUT2D eigenvalue weighted by Crippen LogP contribution is -2.54. The van der Waals surface area contributed by atoms with Crippen molar-refractivity contribution in [2.24, 2.45) is 45.3 Å². The lowest BCUT2D eigenvalue weighted by atomic mass is 9.43. The maximum Gasteiger partial charge on any atom is 0.0750 e. The summed E-state index contributed by atoms with van der Waals surface area (Å²) in [6.07, 6.45) is 14.8. The second-order valence-corrected chi connectivity index (χ2v) is 13.8. The van der Waals surface area contributed by atoms with Crippen LogP contribution in [-0.4, -0.2) is 11.2 Å². The maximum atomic E-state index is 10.5. The molecule has 0 aromatic carbocycles. The second kappa shape index (κ2) is 8.39. The topological polar surface area (TPSA) is 20.2 Å². The Kier molecular flexibility index (Phi) is 6.43. The van der Waals surface area contributed by atoms with Crippen molar-refractivity contribution < 1.29 is 5.11 Å². The summed E-state index contributed by atoms with van der Waals surface area (Å²) in [5.74, 6) is 2.74. The highest BCUT2D eigenvalue weighted by molar-refractivity contribution is 5.35. The van der Waals surface area contributed by atoms with Crippen molar-refractivity contribution in [2.75, 3.05) is 0 Å². The third kappa shape index (κ3) is 3.57. The second-order valence-electron chi connectivity index (χ2n) is 13.8. The van der Waals surface area contributed by atoms with Gasteiger partial charge in [-0.05, 0) is 122 Å². The van der Waals surface area contributed by atoms with E-state index in [2.05, 4.69) is 67.7 Å². The van der Waals surface area contributed by atoms with Crippen molar-refractivity contribution in [3.8, 4) is 0 Å². The van der Waals surface area contributed by atoms with Crippen LogP contribution in [0.4, 0.5) is 0 Å². The monoisotopic (exact) mass is 452 g/mol. The molecule has 3 fully saturated rings. The fraction of sp³-hybridized carbons (Fsp3) is 0.812. The highest BCUT2D eigenvalue weighted by Gasteiger charge is 2.63. The number of allylic oxidation sites excluding steroid dienone is 3. The number of aliphatic hydroxyl groups is 1. The quantitative estimate of drug-likeness (QED) is 0.399. The number of rotatable bonds is 6. The van der Waals surface area contributed by atoms with E-state index in [0.29, 0.717) is 28.1 Å². The van der Waals surface area contributed by atoms with Gasteiger partial charge in [0.15, 0.2) is 0 Å². The van der Waals surface area contributed by atoms with Crippen LogP contribution in [0.25, 0.3) is 0 Å². The molecule has 1 N–H and O–H groups in total. The van der Waals surface area contributed by atoms with E-state index in [1.54, 1.807) is 5.57 Å². The van der Waals surface area contributed by atoms with Crippen LogP contribution in [0, 0.1) is 45.3 Å². The Morgan fingerprint density at radius 1 is 1.15 bits per heavy atom. The van der Waals surface area contributed by atoms with E-state index in [0.717, 1.165) is 36.7 Å². The van der Waals surface area contributed by atoms with Crippen molar-refractivity contribution in [1.29, 1.82) is 0 Å². The molecule has 1 heteroatoms. The summed E-state index contributed by atoms with van der Waals surface area (Å²) in [6.45, 7) is 26.1. The lowest BCUT2D eigenvalue weighted by Gasteiger charge is -2.61. The number of aliphatic hydroxyl groups excluding tert-OH is 1. The van der Waals surface area contributed by atoms with Crippen molar-refractivity contribution in [1.82, 2.24) is 0 Å². The Morgan fingerprint density at radius 2 is 1.85 bits per heavy atom. The zero-order valence-corrected chi connectivity index (χ0v) is 22.9. The summed E-state index contributed by atoms with van der Waals surface area (Å²) in [4.78, 5) is 0. The molecule has 0 aliphatic heterocycles.